The van der Waals surface area contributed by atoms with E-state index in [1.165, 1.54) is 30.6 Å². The van der Waals surface area contributed by atoms with Gasteiger partial charge in [-0.3, -0.25) is 4.79 Å². The first-order chi connectivity index (χ1) is 13.9. The van der Waals surface area contributed by atoms with E-state index in [9.17, 15) is 14.7 Å². The van der Waals surface area contributed by atoms with E-state index in [0.29, 0.717) is 16.8 Å². The van der Waals surface area contributed by atoms with E-state index >= 15 is 0 Å². The van der Waals surface area contributed by atoms with E-state index in [2.05, 4.69) is 18.8 Å². The number of carboxylic acids is 1. The number of rotatable bonds is 4. The molecule has 0 radical (unpaired) electrons. The second-order valence-electron chi connectivity index (χ2n) is 9.00. The Morgan fingerprint density at radius 2 is 1.76 bits per heavy atom. The normalized spacial score (nSPS) is 22.8. The van der Waals surface area contributed by atoms with E-state index in [0.717, 1.165) is 43.4 Å². The van der Waals surface area contributed by atoms with Gasteiger partial charge < -0.3 is 10.0 Å². The summed E-state index contributed by atoms with van der Waals surface area (Å²) in [6.07, 6.45) is 9.93. The maximum absolute atomic E-state index is 13.3. The van der Waals surface area contributed by atoms with Gasteiger partial charge in [-0.25, -0.2) is 4.79 Å². The number of amides is 1. The SMILES string of the molecule is CC1CCC(C(=O)N(c2sc(C#CC3CCCCC3)cc2C(=O)O)C(C)C)CC1. The molecular formula is C24H33NO3S. The molecule has 1 aromatic heterocycles. The number of hydrogen-bond acceptors (Lipinski definition) is 3. The summed E-state index contributed by atoms with van der Waals surface area (Å²) in [5.41, 5.74) is 0.203. The van der Waals surface area contributed by atoms with E-state index in [1.54, 1.807) is 11.0 Å². The lowest BCUT2D eigenvalue weighted by Gasteiger charge is -2.33. The Hall–Kier alpha value is -1.80. The molecule has 1 amide bonds. The molecule has 4 nitrogen and oxygen atoms in total. The maximum Gasteiger partial charge on any atom is 0.338 e. The third kappa shape index (κ3) is 5.42. The van der Waals surface area contributed by atoms with Crippen molar-refractivity contribution in [1.82, 2.24) is 0 Å². The first-order valence-electron chi connectivity index (χ1n) is 11.1. The van der Waals surface area contributed by atoms with Crippen molar-refractivity contribution in [3.63, 3.8) is 0 Å². The summed E-state index contributed by atoms with van der Waals surface area (Å²) < 4.78 is 0. The van der Waals surface area contributed by atoms with Crippen LogP contribution in [-0.2, 0) is 4.79 Å². The first-order valence-corrected chi connectivity index (χ1v) is 11.9. The standard InChI is InChI=1S/C24H33NO3S/c1-16(2)25(22(26)19-12-9-17(3)10-13-19)23-21(24(27)28)15-20(29-23)14-11-18-7-5-4-6-8-18/h15-19H,4-10,12-13H2,1-3H3,(H,27,28). The van der Waals surface area contributed by atoms with Gasteiger partial charge in [0.05, 0.1) is 10.4 Å². The van der Waals surface area contributed by atoms with E-state index in [1.807, 2.05) is 13.8 Å². The topological polar surface area (TPSA) is 57.6 Å². The lowest BCUT2D eigenvalue weighted by molar-refractivity contribution is -0.123. The first kappa shape index (κ1) is 21.9. The van der Waals surface area contributed by atoms with Crippen molar-refractivity contribution in [2.75, 3.05) is 4.90 Å². The van der Waals surface area contributed by atoms with E-state index < -0.39 is 5.97 Å². The lowest BCUT2D eigenvalue weighted by atomic mass is 9.82. The monoisotopic (exact) mass is 415 g/mol. The summed E-state index contributed by atoms with van der Waals surface area (Å²) in [6, 6.07) is 1.57. The second kappa shape index (κ2) is 9.80. The Balaban J connectivity index is 1.87. The highest BCUT2D eigenvalue weighted by atomic mass is 32.1. The highest BCUT2D eigenvalue weighted by Crippen LogP contribution is 2.37. The molecule has 1 aromatic rings. The van der Waals surface area contributed by atoms with Crippen molar-refractivity contribution < 1.29 is 14.7 Å². The predicted molar refractivity (Wildman–Crippen MR) is 118 cm³/mol. The summed E-state index contributed by atoms with van der Waals surface area (Å²) in [7, 11) is 0. The number of carbonyl (C=O) groups excluding carboxylic acids is 1. The van der Waals surface area contributed by atoms with Gasteiger partial charge in [-0.15, -0.1) is 11.3 Å². The van der Waals surface area contributed by atoms with Gasteiger partial charge in [0.2, 0.25) is 5.91 Å². The fourth-order valence-electron chi connectivity index (χ4n) is 4.49. The Morgan fingerprint density at radius 1 is 1.10 bits per heavy atom. The molecule has 1 heterocycles. The molecule has 2 saturated carbocycles. The number of carboxylic acid groups (broad SMARTS) is 1. The molecule has 0 aromatic carbocycles. The van der Waals surface area contributed by atoms with Crippen LogP contribution < -0.4 is 4.90 Å². The van der Waals surface area contributed by atoms with Crippen molar-refractivity contribution in [1.29, 1.82) is 0 Å². The zero-order chi connectivity index (χ0) is 21.0. The van der Waals surface area contributed by atoms with Crippen LogP contribution in [0, 0.1) is 29.6 Å². The summed E-state index contributed by atoms with van der Waals surface area (Å²) in [4.78, 5) is 27.7. The summed E-state index contributed by atoms with van der Waals surface area (Å²) in [5, 5.41) is 10.3. The smallest absolute Gasteiger partial charge is 0.338 e. The predicted octanol–water partition coefficient (Wildman–Crippen LogP) is 5.95. The van der Waals surface area contributed by atoms with Gasteiger partial charge in [0.1, 0.15) is 5.00 Å². The van der Waals surface area contributed by atoms with E-state index in [4.69, 9.17) is 0 Å². The molecule has 29 heavy (non-hydrogen) atoms. The zero-order valence-electron chi connectivity index (χ0n) is 17.9. The fourth-order valence-corrected chi connectivity index (χ4v) is 5.64. The van der Waals surface area contributed by atoms with Crippen LogP contribution in [0.1, 0.15) is 93.8 Å². The third-order valence-electron chi connectivity index (χ3n) is 6.29. The molecule has 0 atom stereocenters. The Labute approximate surface area is 178 Å². The highest BCUT2D eigenvalue weighted by molar-refractivity contribution is 7.17. The van der Waals surface area contributed by atoms with Crippen molar-refractivity contribution in [3.05, 3.63) is 16.5 Å². The van der Waals surface area contributed by atoms with Crippen molar-refractivity contribution in [2.45, 2.75) is 84.6 Å². The minimum absolute atomic E-state index is 0.00545. The molecule has 0 aliphatic heterocycles. The molecular weight excluding hydrogens is 382 g/mol. The van der Waals surface area contributed by atoms with Crippen LogP contribution in [0.2, 0.25) is 0 Å². The highest BCUT2D eigenvalue weighted by Gasteiger charge is 2.33. The van der Waals surface area contributed by atoms with Gasteiger partial charge in [-0.2, -0.15) is 0 Å². The van der Waals surface area contributed by atoms with Crippen LogP contribution in [0.15, 0.2) is 6.07 Å². The van der Waals surface area contributed by atoms with Gasteiger partial charge >= 0.3 is 5.97 Å². The van der Waals surface area contributed by atoms with Gasteiger partial charge in [-0.1, -0.05) is 38.0 Å². The lowest BCUT2D eigenvalue weighted by Crippen LogP contribution is -2.42. The van der Waals surface area contributed by atoms with Crippen LogP contribution >= 0.6 is 11.3 Å². The van der Waals surface area contributed by atoms with Crippen LogP contribution in [-0.4, -0.2) is 23.0 Å². The number of nitrogens with zero attached hydrogens (tertiary/aromatic N) is 1. The van der Waals surface area contributed by atoms with Gasteiger partial charge in [-0.05, 0) is 64.4 Å². The Bertz CT molecular complexity index is 787. The molecule has 5 heteroatoms. The van der Waals surface area contributed by atoms with Crippen molar-refractivity contribution >= 4 is 28.2 Å². The Kier molecular flexibility index (Phi) is 7.40. The molecule has 0 spiro atoms. The second-order valence-corrected chi connectivity index (χ2v) is 10.0. The summed E-state index contributed by atoms with van der Waals surface area (Å²) >= 11 is 1.36. The van der Waals surface area contributed by atoms with Gasteiger partial charge in [0.25, 0.3) is 0 Å². The average molecular weight is 416 g/mol. The Morgan fingerprint density at radius 3 is 2.34 bits per heavy atom. The molecule has 2 fully saturated rings. The molecule has 1 N–H and O–H groups in total. The number of hydrogen-bond donors (Lipinski definition) is 1. The zero-order valence-corrected chi connectivity index (χ0v) is 18.7. The number of anilines is 1. The quantitative estimate of drug-likeness (QED) is 0.619. The summed E-state index contributed by atoms with van der Waals surface area (Å²) in [6.45, 7) is 6.16. The van der Waals surface area contributed by atoms with Crippen LogP contribution in [0.3, 0.4) is 0 Å². The average Bonchev–Trinajstić information content (AvgIpc) is 3.11. The number of aromatic carboxylic acids is 1. The van der Waals surface area contributed by atoms with Crippen LogP contribution in [0.4, 0.5) is 5.00 Å². The van der Waals surface area contributed by atoms with Gasteiger partial charge in [0, 0.05) is 17.9 Å². The minimum atomic E-state index is -0.988. The number of thiophene rings is 1. The number of carbonyl (C=O) groups is 2. The van der Waals surface area contributed by atoms with Gasteiger partial charge in [0.15, 0.2) is 0 Å². The summed E-state index contributed by atoms with van der Waals surface area (Å²) in [5.74, 6) is 6.72. The molecule has 3 rings (SSSR count). The molecule has 0 bridgehead atoms. The molecule has 0 unspecified atom stereocenters. The largest absolute Gasteiger partial charge is 0.478 e. The third-order valence-corrected chi connectivity index (χ3v) is 7.34. The van der Waals surface area contributed by atoms with E-state index in [-0.39, 0.29) is 23.4 Å². The van der Waals surface area contributed by atoms with Crippen LogP contribution in [0.25, 0.3) is 0 Å². The fraction of sp³-hybridized carbons (Fsp3) is 0.667. The minimum Gasteiger partial charge on any atom is -0.478 e. The van der Waals surface area contributed by atoms with Crippen molar-refractivity contribution in [2.24, 2.45) is 17.8 Å². The van der Waals surface area contributed by atoms with Crippen molar-refractivity contribution in [3.8, 4) is 11.8 Å². The maximum atomic E-state index is 13.3. The molecule has 2 aliphatic carbocycles. The molecule has 2 aliphatic rings. The molecule has 0 saturated heterocycles. The van der Waals surface area contributed by atoms with Crippen LogP contribution in [0.5, 0.6) is 0 Å². The molecule has 158 valence electrons.